The Morgan fingerprint density at radius 3 is 2.02 bits per heavy atom. The van der Waals surface area contributed by atoms with Crippen molar-refractivity contribution in [1.82, 2.24) is 14.9 Å². The summed E-state index contributed by atoms with van der Waals surface area (Å²) in [5.74, 6) is -0.690. The third-order valence-electron chi connectivity index (χ3n) is 6.78. The summed E-state index contributed by atoms with van der Waals surface area (Å²) in [4.78, 5) is 48.5. The van der Waals surface area contributed by atoms with E-state index in [-0.39, 0.29) is 47.1 Å². The third kappa shape index (κ3) is 6.43. The number of likely N-dealkylation sites (tertiary alicyclic amines) is 1. The number of halogens is 2. The van der Waals surface area contributed by atoms with Crippen molar-refractivity contribution >= 4 is 17.5 Å². The Morgan fingerprint density at radius 1 is 0.775 bits per heavy atom. The molecule has 1 saturated heterocycles. The Kier molecular flexibility index (Phi) is 8.00. The number of rotatable bonds is 8. The molecule has 0 saturated carbocycles. The van der Waals surface area contributed by atoms with Gasteiger partial charge in [-0.25, -0.2) is 13.8 Å². The van der Waals surface area contributed by atoms with Gasteiger partial charge < -0.3 is 9.64 Å². The van der Waals surface area contributed by atoms with Gasteiger partial charge in [0, 0.05) is 49.5 Å². The molecule has 3 heterocycles. The lowest BCUT2D eigenvalue weighted by molar-refractivity contribution is 0.0650. The van der Waals surface area contributed by atoms with Crippen molar-refractivity contribution in [2.24, 2.45) is 5.92 Å². The molecule has 40 heavy (non-hydrogen) atoms. The van der Waals surface area contributed by atoms with Crippen LogP contribution in [0.1, 0.15) is 49.6 Å². The summed E-state index contributed by atoms with van der Waals surface area (Å²) in [5.41, 5.74) is 1.73. The van der Waals surface area contributed by atoms with Crippen molar-refractivity contribution in [2.75, 3.05) is 13.1 Å². The number of hydrogen-bond acceptors (Lipinski definition) is 6. The number of Topliss-reactive ketones (excluding diaryl/α,β-unsaturated/α-hetero) is 2. The lowest BCUT2D eigenvalue weighted by Gasteiger charge is -2.31. The SMILES string of the molecule is O=C(Cc1ccc(Oc2ccc(F)cc2)nc1)c1ccc(C(=O)N2CCC(C(=O)c3ccc(F)cc3)CC2)cn1. The van der Waals surface area contributed by atoms with Crippen LogP contribution in [0.4, 0.5) is 8.78 Å². The molecule has 0 spiro atoms. The summed E-state index contributed by atoms with van der Waals surface area (Å²) in [7, 11) is 0. The van der Waals surface area contributed by atoms with Crippen LogP contribution in [0.25, 0.3) is 0 Å². The number of hydrogen-bond donors (Lipinski definition) is 0. The number of benzene rings is 2. The van der Waals surface area contributed by atoms with E-state index in [1.54, 1.807) is 23.1 Å². The maximum atomic E-state index is 13.2. The highest BCUT2D eigenvalue weighted by molar-refractivity contribution is 5.99. The lowest BCUT2D eigenvalue weighted by Crippen LogP contribution is -2.40. The zero-order valence-electron chi connectivity index (χ0n) is 21.4. The highest BCUT2D eigenvalue weighted by Crippen LogP contribution is 2.24. The summed E-state index contributed by atoms with van der Waals surface area (Å²) in [6.45, 7) is 0.843. The first-order valence-electron chi connectivity index (χ1n) is 12.8. The third-order valence-corrected chi connectivity index (χ3v) is 6.78. The van der Waals surface area contributed by atoms with Crippen molar-refractivity contribution in [1.29, 1.82) is 0 Å². The fraction of sp³-hybridized carbons (Fsp3) is 0.194. The second kappa shape index (κ2) is 11.9. The Labute approximate surface area is 229 Å². The second-order valence-corrected chi connectivity index (χ2v) is 9.53. The first-order chi connectivity index (χ1) is 19.4. The molecule has 202 valence electrons. The van der Waals surface area contributed by atoms with Crippen LogP contribution in [0, 0.1) is 17.6 Å². The maximum Gasteiger partial charge on any atom is 0.255 e. The van der Waals surface area contributed by atoms with Crippen LogP contribution in [0.2, 0.25) is 0 Å². The van der Waals surface area contributed by atoms with Gasteiger partial charge in [-0.1, -0.05) is 6.07 Å². The number of ether oxygens (including phenoxy) is 1. The largest absolute Gasteiger partial charge is 0.439 e. The quantitative estimate of drug-likeness (QED) is 0.266. The van der Waals surface area contributed by atoms with Crippen LogP contribution in [-0.2, 0) is 6.42 Å². The number of pyridine rings is 2. The molecule has 1 fully saturated rings. The van der Waals surface area contributed by atoms with Gasteiger partial charge >= 0.3 is 0 Å². The molecular weight excluding hydrogens is 516 g/mol. The molecular formula is C31H25F2N3O4. The van der Waals surface area contributed by atoms with Crippen molar-refractivity contribution < 1.29 is 27.9 Å². The number of amides is 1. The summed E-state index contributed by atoms with van der Waals surface area (Å²) in [6, 6.07) is 17.5. The second-order valence-electron chi connectivity index (χ2n) is 9.53. The van der Waals surface area contributed by atoms with Gasteiger partial charge in [-0.15, -0.1) is 0 Å². The Bertz CT molecular complexity index is 1500. The molecule has 0 atom stereocenters. The number of aromatic nitrogens is 2. The van der Waals surface area contributed by atoms with Gasteiger partial charge in [0.25, 0.3) is 5.91 Å². The van der Waals surface area contributed by atoms with E-state index in [2.05, 4.69) is 9.97 Å². The van der Waals surface area contributed by atoms with Crippen LogP contribution in [0.5, 0.6) is 11.6 Å². The highest BCUT2D eigenvalue weighted by Gasteiger charge is 2.28. The van der Waals surface area contributed by atoms with Gasteiger partial charge in [0.15, 0.2) is 11.6 Å². The van der Waals surface area contributed by atoms with E-state index in [0.717, 1.165) is 0 Å². The van der Waals surface area contributed by atoms with Crippen LogP contribution in [0.15, 0.2) is 85.2 Å². The van der Waals surface area contributed by atoms with Gasteiger partial charge in [0.1, 0.15) is 23.1 Å². The Balaban J connectivity index is 1.13. The Hall–Kier alpha value is -4.79. The molecule has 7 nitrogen and oxygen atoms in total. The minimum atomic E-state index is -0.390. The highest BCUT2D eigenvalue weighted by atomic mass is 19.1. The summed E-state index contributed by atoms with van der Waals surface area (Å²) >= 11 is 0. The molecule has 4 aromatic rings. The van der Waals surface area contributed by atoms with Gasteiger partial charge in [-0.3, -0.25) is 19.4 Å². The van der Waals surface area contributed by atoms with Crippen LogP contribution >= 0.6 is 0 Å². The molecule has 0 unspecified atom stereocenters. The van der Waals surface area contributed by atoms with Gasteiger partial charge in [-0.2, -0.15) is 0 Å². The van der Waals surface area contributed by atoms with Gasteiger partial charge in [-0.05, 0) is 79.1 Å². The number of carbonyl (C=O) groups is 3. The van der Waals surface area contributed by atoms with Crippen molar-refractivity contribution in [3.8, 4) is 11.6 Å². The predicted molar refractivity (Wildman–Crippen MR) is 142 cm³/mol. The molecule has 2 aromatic carbocycles. The van der Waals surface area contributed by atoms with Crippen LogP contribution < -0.4 is 4.74 Å². The molecule has 1 amide bonds. The zero-order chi connectivity index (χ0) is 28.1. The first-order valence-corrected chi connectivity index (χ1v) is 12.8. The molecule has 5 rings (SSSR count). The monoisotopic (exact) mass is 541 g/mol. The van der Waals surface area contributed by atoms with Crippen molar-refractivity contribution in [2.45, 2.75) is 19.3 Å². The first kappa shape index (κ1) is 26.8. The molecule has 1 aliphatic rings. The van der Waals surface area contributed by atoms with E-state index in [1.807, 2.05) is 0 Å². The topological polar surface area (TPSA) is 89.5 Å². The number of ketones is 2. The average Bonchev–Trinajstić information content (AvgIpc) is 2.99. The number of nitrogens with zero attached hydrogens (tertiary/aromatic N) is 3. The molecule has 1 aliphatic heterocycles. The summed E-state index contributed by atoms with van der Waals surface area (Å²) in [5, 5.41) is 0. The molecule has 0 radical (unpaired) electrons. The molecule has 2 aromatic heterocycles. The van der Waals surface area contributed by atoms with Crippen LogP contribution in [-0.4, -0.2) is 45.4 Å². The van der Waals surface area contributed by atoms with Crippen molar-refractivity contribution in [3.05, 3.63) is 119 Å². The smallest absolute Gasteiger partial charge is 0.255 e. The molecule has 0 aliphatic carbocycles. The van der Waals surface area contributed by atoms with Gasteiger partial charge in [0.2, 0.25) is 5.88 Å². The molecule has 9 heteroatoms. The molecule has 0 N–H and O–H groups in total. The standard InChI is InChI=1S/C31H25F2N3O4/c32-24-5-2-21(3-6-24)30(38)22-13-15-36(16-14-22)31(39)23-4-11-27(34-19-23)28(37)17-20-1-12-29(35-18-20)40-26-9-7-25(33)8-10-26/h1-12,18-19,22H,13-17H2. The fourth-order valence-electron chi connectivity index (χ4n) is 4.54. The summed E-state index contributed by atoms with van der Waals surface area (Å²) < 4.78 is 31.8. The average molecular weight is 542 g/mol. The van der Waals surface area contributed by atoms with Gasteiger partial charge in [0.05, 0.1) is 5.56 Å². The van der Waals surface area contributed by atoms with E-state index in [4.69, 9.17) is 4.74 Å². The number of piperidine rings is 1. The van der Waals surface area contributed by atoms with E-state index in [1.165, 1.54) is 67.0 Å². The minimum Gasteiger partial charge on any atom is -0.439 e. The van der Waals surface area contributed by atoms with Crippen LogP contribution in [0.3, 0.4) is 0 Å². The van der Waals surface area contributed by atoms with E-state index >= 15 is 0 Å². The normalized spacial score (nSPS) is 13.6. The van der Waals surface area contributed by atoms with E-state index < -0.39 is 0 Å². The predicted octanol–water partition coefficient (Wildman–Crippen LogP) is 5.71. The van der Waals surface area contributed by atoms with E-state index in [9.17, 15) is 23.2 Å². The fourth-order valence-corrected chi connectivity index (χ4v) is 4.54. The minimum absolute atomic E-state index is 0.0399. The summed E-state index contributed by atoms with van der Waals surface area (Å²) in [6.07, 6.45) is 4.03. The van der Waals surface area contributed by atoms with E-state index in [0.29, 0.717) is 54.3 Å². The molecule has 0 bridgehead atoms. The number of carbonyl (C=O) groups excluding carboxylic acids is 3. The lowest BCUT2D eigenvalue weighted by atomic mass is 9.88. The zero-order valence-corrected chi connectivity index (χ0v) is 21.4. The Morgan fingerprint density at radius 2 is 1.43 bits per heavy atom. The van der Waals surface area contributed by atoms with Crippen molar-refractivity contribution in [3.63, 3.8) is 0 Å². The maximum absolute atomic E-state index is 13.2.